The van der Waals surface area contributed by atoms with Crippen LogP contribution in [0.3, 0.4) is 0 Å². The van der Waals surface area contributed by atoms with Crippen LogP contribution in [0.15, 0.2) is 24.3 Å². The number of amides is 1. The lowest BCUT2D eigenvalue weighted by Gasteiger charge is -2.24. The second-order valence-electron chi connectivity index (χ2n) is 6.14. The molecule has 2 unspecified atom stereocenters. The van der Waals surface area contributed by atoms with Crippen molar-refractivity contribution in [3.05, 3.63) is 35.4 Å². The normalized spacial score (nSPS) is 25.1. The van der Waals surface area contributed by atoms with Crippen LogP contribution in [0.4, 0.5) is 13.2 Å². The number of hydrogen-bond acceptors (Lipinski definition) is 2. The first-order chi connectivity index (χ1) is 10.4. The lowest BCUT2D eigenvalue weighted by atomic mass is 10.1. The lowest BCUT2D eigenvalue weighted by Crippen LogP contribution is -2.39. The third-order valence-corrected chi connectivity index (χ3v) is 4.49. The van der Waals surface area contributed by atoms with E-state index in [9.17, 15) is 18.0 Å². The molecule has 0 aliphatic carbocycles. The van der Waals surface area contributed by atoms with Gasteiger partial charge in [-0.3, -0.25) is 4.79 Å². The third kappa shape index (κ3) is 3.43. The molecular weight excluding hydrogens is 293 g/mol. The zero-order chi connectivity index (χ0) is 15.7. The standard InChI is InChI=1S/C16H19F3N2O/c17-16(18,19)12-3-1-2-11(8-12)9-15(22)21-7-6-13-4-5-14(10-21)20-13/h1-3,8,13-14,20H,4-7,9-10H2. The Labute approximate surface area is 127 Å². The molecule has 0 radical (unpaired) electrons. The fraction of sp³-hybridized carbons (Fsp3) is 0.562. The number of halogens is 3. The highest BCUT2D eigenvalue weighted by Gasteiger charge is 2.32. The third-order valence-electron chi connectivity index (χ3n) is 4.49. The van der Waals surface area contributed by atoms with E-state index >= 15 is 0 Å². The quantitative estimate of drug-likeness (QED) is 0.910. The first kappa shape index (κ1) is 15.3. The van der Waals surface area contributed by atoms with Gasteiger partial charge in [0.25, 0.3) is 0 Å². The number of rotatable bonds is 2. The number of alkyl halides is 3. The monoisotopic (exact) mass is 312 g/mol. The molecule has 1 aromatic carbocycles. The van der Waals surface area contributed by atoms with Gasteiger partial charge in [-0.05, 0) is 30.9 Å². The van der Waals surface area contributed by atoms with Gasteiger partial charge in [-0.15, -0.1) is 0 Å². The summed E-state index contributed by atoms with van der Waals surface area (Å²) in [5, 5.41) is 3.49. The molecule has 1 amide bonds. The maximum absolute atomic E-state index is 12.7. The van der Waals surface area contributed by atoms with Crippen molar-refractivity contribution in [2.75, 3.05) is 13.1 Å². The summed E-state index contributed by atoms with van der Waals surface area (Å²) in [5.41, 5.74) is -0.281. The maximum atomic E-state index is 12.7. The summed E-state index contributed by atoms with van der Waals surface area (Å²) in [5.74, 6) is -0.0892. The average Bonchev–Trinajstić information content (AvgIpc) is 2.77. The van der Waals surface area contributed by atoms with Crippen LogP contribution in [-0.2, 0) is 17.4 Å². The summed E-state index contributed by atoms with van der Waals surface area (Å²) in [6, 6.07) is 5.85. The van der Waals surface area contributed by atoms with Gasteiger partial charge in [0.05, 0.1) is 12.0 Å². The first-order valence-electron chi connectivity index (χ1n) is 7.62. The van der Waals surface area contributed by atoms with Crippen LogP contribution in [0, 0.1) is 0 Å². The summed E-state index contributed by atoms with van der Waals surface area (Å²) in [6.45, 7) is 1.35. The fourth-order valence-corrected chi connectivity index (χ4v) is 3.31. The fourth-order valence-electron chi connectivity index (χ4n) is 3.31. The van der Waals surface area contributed by atoms with Crippen LogP contribution in [0.25, 0.3) is 0 Å². The van der Waals surface area contributed by atoms with Gasteiger partial charge in [0.15, 0.2) is 0 Å². The molecule has 22 heavy (non-hydrogen) atoms. The van der Waals surface area contributed by atoms with Gasteiger partial charge < -0.3 is 10.2 Å². The molecule has 0 saturated carbocycles. The summed E-state index contributed by atoms with van der Waals surface area (Å²) in [7, 11) is 0. The Hall–Kier alpha value is -1.56. The summed E-state index contributed by atoms with van der Waals surface area (Å²) in [6.07, 6.45) is -1.20. The molecule has 2 heterocycles. The smallest absolute Gasteiger partial charge is 0.341 e. The SMILES string of the molecule is O=C(Cc1cccc(C(F)(F)F)c1)N1CCC2CCC(C1)N2. The van der Waals surface area contributed by atoms with Crippen molar-refractivity contribution >= 4 is 5.91 Å². The zero-order valence-corrected chi connectivity index (χ0v) is 12.2. The van der Waals surface area contributed by atoms with Gasteiger partial charge >= 0.3 is 6.18 Å². The van der Waals surface area contributed by atoms with Gasteiger partial charge in [0, 0.05) is 25.2 Å². The number of nitrogens with zero attached hydrogens (tertiary/aromatic N) is 1. The van der Waals surface area contributed by atoms with Crippen molar-refractivity contribution < 1.29 is 18.0 Å². The van der Waals surface area contributed by atoms with Crippen LogP contribution in [0.5, 0.6) is 0 Å². The highest BCUT2D eigenvalue weighted by molar-refractivity contribution is 5.79. The molecule has 2 aliphatic heterocycles. The Morgan fingerprint density at radius 3 is 2.77 bits per heavy atom. The second kappa shape index (κ2) is 5.91. The van der Waals surface area contributed by atoms with E-state index in [2.05, 4.69) is 5.32 Å². The first-order valence-corrected chi connectivity index (χ1v) is 7.62. The van der Waals surface area contributed by atoms with Crippen molar-refractivity contribution in [1.29, 1.82) is 0 Å². The van der Waals surface area contributed by atoms with Crippen LogP contribution in [0.1, 0.15) is 30.4 Å². The van der Waals surface area contributed by atoms with Gasteiger partial charge in [0.1, 0.15) is 0 Å². The molecule has 1 N–H and O–H groups in total. The van der Waals surface area contributed by atoms with Crippen LogP contribution in [-0.4, -0.2) is 36.0 Å². The molecule has 2 aliphatic rings. The molecule has 3 nitrogen and oxygen atoms in total. The van der Waals surface area contributed by atoms with Gasteiger partial charge in [-0.1, -0.05) is 18.2 Å². The number of likely N-dealkylation sites (tertiary alicyclic amines) is 1. The van der Waals surface area contributed by atoms with Crippen LogP contribution >= 0.6 is 0 Å². The van der Waals surface area contributed by atoms with E-state index in [0.29, 0.717) is 30.7 Å². The predicted octanol–water partition coefficient (Wildman–Crippen LogP) is 2.60. The minimum atomic E-state index is -4.37. The number of nitrogens with one attached hydrogen (secondary N) is 1. The molecular formula is C16H19F3N2O. The largest absolute Gasteiger partial charge is 0.416 e. The van der Waals surface area contributed by atoms with Crippen molar-refractivity contribution in [3.8, 4) is 0 Å². The van der Waals surface area contributed by atoms with E-state index in [-0.39, 0.29) is 12.3 Å². The van der Waals surface area contributed by atoms with Crippen molar-refractivity contribution in [2.24, 2.45) is 0 Å². The van der Waals surface area contributed by atoms with E-state index in [1.807, 2.05) is 0 Å². The Balaban J connectivity index is 1.66. The molecule has 2 atom stereocenters. The van der Waals surface area contributed by atoms with Gasteiger partial charge in [-0.2, -0.15) is 13.2 Å². The Bertz CT molecular complexity index is 559. The predicted molar refractivity (Wildman–Crippen MR) is 76.3 cm³/mol. The van der Waals surface area contributed by atoms with Gasteiger partial charge in [-0.25, -0.2) is 0 Å². The van der Waals surface area contributed by atoms with Crippen LogP contribution < -0.4 is 5.32 Å². The molecule has 0 aromatic heterocycles. The van der Waals surface area contributed by atoms with E-state index in [1.54, 1.807) is 11.0 Å². The molecule has 1 aromatic rings. The molecule has 2 fully saturated rings. The second-order valence-corrected chi connectivity index (χ2v) is 6.14. The van der Waals surface area contributed by atoms with E-state index < -0.39 is 11.7 Å². The topological polar surface area (TPSA) is 32.3 Å². The molecule has 2 bridgehead atoms. The number of benzene rings is 1. The van der Waals surface area contributed by atoms with Crippen molar-refractivity contribution in [3.63, 3.8) is 0 Å². The Morgan fingerprint density at radius 2 is 2.00 bits per heavy atom. The highest BCUT2D eigenvalue weighted by Crippen LogP contribution is 2.29. The molecule has 0 spiro atoms. The van der Waals surface area contributed by atoms with Crippen molar-refractivity contribution in [1.82, 2.24) is 10.2 Å². The molecule has 3 rings (SSSR count). The Kier molecular flexibility index (Phi) is 4.12. The number of carbonyl (C=O) groups excluding carboxylic acids is 1. The van der Waals surface area contributed by atoms with Crippen molar-refractivity contribution in [2.45, 2.75) is 43.9 Å². The highest BCUT2D eigenvalue weighted by atomic mass is 19.4. The Morgan fingerprint density at radius 1 is 1.23 bits per heavy atom. The van der Waals surface area contributed by atoms with E-state index in [4.69, 9.17) is 0 Å². The lowest BCUT2D eigenvalue weighted by molar-refractivity contribution is -0.138. The van der Waals surface area contributed by atoms with E-state index in [1.165, 1.54) is 6.07 Å². The minimum absolute atomic E-state index is 0.0291. The van der Waals surface area contributed by atoms with E-state index in [0.717, 1.165) is 31.4 Å². The molecule has 2 saturated heterocycles. The number of hydrogen-bond donors (Lipinski definition) is 1. The minimum Gasteiger partial charge on any atom is -0.341 e. The molecule has 6 heteroatoms. The average molecular weight is 312 g/mol. The summed E-state index contributed by atoms with van der Waals surface area (Å²) >= 11 is 0. The van der Waals surface area contributed by atoms with Crippen LogP contribution in [0.2, 0.25) is 0 Å². The van der Waals surface area contributed by atoms with Gasteiger partial charge in [0.2, 0.25) is 5.91 Å². The number of carbonyl (C=O) groups is 1. The summed E-state index contributed by atoms with van der Waals surface area (Å²) in [4.78, 5) is 14.2. The number of fused-ring (bicyclic) bond motifs is 2. The molecule has 120 valence electrons. The maximum Gasteiger partial charge on any atom is 0.416 e. The summed E-state index contributed by atoms with van der Waals surface area (Å²) < 4.78 is 38.1. The zero-order valence-electron chi connectivity index (χ0n) is 12.2.